The molecule has 0 fully saturated rings. The third kappa shape index (κ3) is 4.04. The average Bonchev–Trinajstić information content (AvgIpc) is 2.60. The fourth-order valence-electron chi connectivity index (χ4n) is 3.04. The number of nitrogens with one attached hydrogen (secondary N) is 1. The Labute approximate surface area is 154 Å². The molecule has 2 amide bonds. The standard InChI is InChI=1S/C21H23N2O3/c1-21(2,3)26-20(25)23-14-13-15-9-7-8-12-17(15)18(23)19(24)22-16-10-5-4-6-11-16/h4-10,12,18H,13-14H2,1-3H3,(H,22,24). The van der Waals surface area contributed by atoms with Crippen LogP contribution < -0.4 is 5.32 Å². The molecule has 1 atom stereocenters. The fourth-order valence-corrected chi connectivity index (χ4v) is 3.04. The maximum Gasteiger partial charge on any atom is 0.411 e. The van der Waals surface area contributed by atoms with E-state index in [4.69, 9.17) is 4.74 Å². The highest BCUT2D eigenvalue weighted by Gasteiger charge is 2.38. The molecule has 0 saturated carbocycles. The van der Waals surface area contributed by atoms with Crippen LogP contribution in [0.4, 0.5) is 10.5 Å². The number of fused-ring (bicyclic) bond motifs is 1. The maximum atomic E-state index is 13.0. The third-order valence-electron chi connectivity index (χ3n) is 4.13. The summed E-state index contributed by atoms with van der Waals surface area (Å²) >= 11 is 0. The van der Waals surface area contributed by atoms with Crippen LogP contribution in [0.5, 0.6) is 0 Å². The van der Waals surface area contributed by atoms with Gasteiger partial charge in [-0.15, -0.1) is 0 Å². The number of nitrogens with zero attached hydrogens (tertiary/aromatic N) is 1. The van der Waals surface area contributed by atoms with E-state index >= 15 is 0 Å². The molecule has 0 bridgehead atoms. The molecule has 5 heteroatoms. The third-order valence-corrected chi connectivity index (χ3v) is 4.13. The first-order valence-electron chi connectivity index (χ1n) is 8.70. The van der Waals surface area contributed by atoms with Crippen LogP contribution in [0.2, 0.25) is 0 Å². The molecule has 2 aromatic carbocycles. The predicted octanol–water partition coefficient (Wildman–Crippen LogP) is 3.96. The molecule has 1 radical (unpaired) electrons. The number of anilines is 1. The lowest BCUT2D eigenvalue weighted by Crippen LogP contribution is -2.47. The van der Waals surface area contributed by atoms with E-state index in [1.165, 1.54) is 4.90 Å². The Hall–Kier alpha value is -2.82. The second-order valence-electron chi connectivity index (χ2n) is 7.29. The fraction of sp³-hybridized carbons (Fsp3) is 0.333. The van der Waals surface area contributed by atoms with Crippen molar-refractivity contribution in [1.29, 1.82) is 0 Å². The number of amides is 2. The highest BCUT2D eigenvalue weighted by Crippen LogP contribution is 2.32. The second-order valence-corrected chi connectivity index (χ2v) is 7.29. The van der Waals surface area contributed by atoms with Crippen LogP contribution in [0, 0.1) is 6.07 Å². The highest BCUT2D eigenvalue weighted by atomic mass is 16.6. The molecule has 135 valence electrons. The first-order valence-corrected chi connectivity index (χ1v) is 8.70. The van der Waals surface area contributed by atoms with Gasteiger partial charge in [-0.3, -0.25) is 9.69 Å². The van der Waals surface area contributed by atoms with Gasteiger partial charge in [0, 0.05) is 18.3 Å². The van der Waals surface area contributed by atoms with Crippen LogP contribution in [0.25, 0.3) is 0 Å². The summed E-state index contributed by atoms with van der Waals surface area (Å²) in [5.41, 5.74) is 1.86. The number of benzene rings is 2. The zero-order valence-corrected chi connectivity index (χ0v) is 15.3. The lowest BCUT2D eigenvalue weighted by Gasteiger charge is -2.37. The smallest absolute Gasteiger partial charge is 0.411 e. The van der Waals surface area contributed by atoms with Gasteiger partial charge in [0.2, 0.25) is 0 Å². The predicted molar refractivity (Wildman–Crippen MR) is 99.7 cm³/mol. The van der Waals surface area contributed by atoms with E-state index in [0.29, 0.717) is 18.7 Å². The van der Waals surface area contributed by atoms with E-state index in [0.717, 1.165) is 11.1 Å². The number of hydrogen-bond acceptors (Lipinski definition) is 3. The van der Waals surface area contributed by atoms with Crippen molar-refractivity contribution < 1.29 is 14.3 Å². The molecule has 0 aliphatic carbocycles. The largest absolute Gasteiger partial charge is 0.444 e. The topological polar surface area (TPSA) is 58.6 Å². The molecule has 0 spiro atoms. The summed E-state index contributed by atoms with van der Waals surface area (Å²) in [6.07, 6.45) is 0.209. The Morgan fingerprint density at radius 2 is 1.88 bits per heavy atom. The van der Waals surface area contributed by atoms with Gasteiger partial charge in [0.05, 0.1) is 0 Å². The minimum Gasteiger partial charge on any atom is -0.444 e. The minimum absolute atomic E-state index is 0.273. The summed E-state index contributed by atoms with van der Waals surface area (Å²) < 4.78 is 5.52. The van der Waals surface area contributed by atoms with Crippen molar-refractivity contribution >= 4 is 17.7 Å². The molecule has 0 aromatic heterocycles. The van der Waals surface area contributed by atoms with Gasteiger partial charge in [-0.05, 0) is 44.4 Å². The van der Waals surface area contributed by atoms with Crippen LogP contribution in [0.3, 0.4) is 0 Å². The Bertz CT molecular complexity index is 796. The van der Waals surface area contributed by atoms with Gasteiger partial charge in [-0.1, -0.05) is 42.5 Å². The van der Waals surface area contributed by atoms with Crippen molar-refractivity contribution in [3.8, 4) is 0 Å². The molecule has 1 unspecified atom stereocenters. The van der Waals surface area contributed by atoms with E-state index in [-0.39, 0.29) is 5.91 Å². The molecule has 0 saturated heterocycles. The SMILES string of the molecule is CC(C)(C)OC(=O)N1CCc2ccccc2C1C(=O)Nc1[c]cccc1. The minimum atomic E-state index is -0.733. The summed E-state index contributed by atoms with van der Waals surface area (Å²) in [6.45, 7) is 5.88. The van der Waals surface area contributed by atoms with Gasteiger partial charge in [-0.2, -0.15) is 0 Å². The van der Waals surface area contributed by atoms with Gasteiger partial charge in [0.25, 0.3) is 5.91 Å². The van der Waals surface area contributed by atoms with Crippen molar-refractivity contribution in [3.05, 3.63) is 65.7 Å². The molecule has 1 N–H and O–H groups in total. The van der Waals surface area contributed by atoms with Crippen LogP contribution in [0.1, 0.15) is 37.9 Å². The van der Waals surface area contributed by atoms with Gasteiger partial charge >= 0.3 is 6.09 Å². The van der Waals surface area contributed by atoms with E-state index in [1.807, 2.05) is 57.2 Å². The normalized spacial score (nSPS) is 16.6. The number of hydrogen-bond donors (Lipinski definition) is 1. The number of rotatable bonds is 2. The first kappa shape index (κ1) is 18.0. The molecule has 1 heterocycles. The van der Waals surface area contributed by atoms with Crippen LogP contribution in [-0.4, -0.2) is 29.0 Å². The summed E-state index contributed by atoms with van der Waals surface area (Å²) in [6, 6.07) is 17.1. The van der Waals surface area contributed by atoms with E-state index in [2.05, 4.69) is 11.4 Å². The maximum absolute atomic E-state index is 13.0. The molecule has 1 aliphatic heterocycles. The van der Waals surface area contributed by atoms with Gasteiger partial charge < -0.3 is 10.1 Å². The number of carbonyl (C=O) groups is 2. The summed E-state index contributed by atoms with van der Waals surface area (Å²) in [4.78, 5) is 27.2. The van der Waals surface area contributed by atoms with E-state index in [9.17, 15) is 9.59 Å². The lowest BCUT2D eigenvalue weighted by atomic mass is 9.92. The summed E-state index contributed by atoms with van der Waals surface area (Å²) in [5.74, 6) is -0.273. The van der Waals surface area contributed by atoms with Crippen LogP contribution >= 0.6 is 0 Å². The molecule has 5 nitrogen and oxygen atoms in total. The van der Waals surface area contributed by atoms with Crippen molar-refractivity contribution in [2.75, 3.05) is 11.9 Å². The van der Waals surface area contributed by atoms with Gasteiger partial charge in [0.1, 0.15) is 11.6 Å². The molecule has 3 rings (SSSR count). The number of ether oxygens (including phenoxy) is 1. The van der Waals surface area contributed by atoms with Crippen molar-refractivity contribution in [3.63, 3.8) is 0 Å². The van der Waals surface area contributed by atoms with Crippen molar-refractivity contribution in [1.82, 2.24) is 4.90 Å². The van der Waals surface area contributed by atoms with Crippen molar-refractivity contribution in [2.24, 2.45) is 0 Å². The molecular weight excluding hydrogens is 328 g/mol. The molecular formula is C21H23N2O3. The Morgan fingerprint density at radius 1 is 1.15 bits per heavy atom. The Balaban J connectivity index is 1.91. The number of para-hydroxylation sites is 1. The number of carbonyl (C=O) groups excluding carboxylic acids is 2. The quantitative estimate of drug-likeness (QED) is 0.891. The Kier molecular flexibility index (Phi) is 4.98. The van der Waals surface area contributed by atoms with Gasteiger partial charge in [-0.25, -0.2) is 4.79 Å². The Morgan fingerprint density at radius 3 is 2.58 bits per heavy atom. The molecule has 2 aromatic rings. The zero-order chi connectivity index (χ0) is 18.7. The van der Waals surface area contributed by atoms with Crippen LogP contribution in [0.15, 0.2) is 48.5 Å². The summed E-state index contributed by atoms with van der Waals surface area (Å²) in [5, 5.41) is 2.86. The average molecular weight is 351 g/mol. The van der Waals surface area contributed by atoms with Crippen molar-refractivity contribution in [2.45, 2.75) is 38.8 Å². The lowest BCUT2D eigenvalue weighted by molar-refractivity contribution is -0.121. The zero-order valence-electron chi connectivity index (χ0n) is 15.3. The molecule has 26 heavy (non-hydrogen) atoms. The first-order chi connectivity index (χ1) is 12.3. The molecule has 1 aliphatic rings. The van der Waals surface area contributed by atoms with E-state index < -0.39 is 17.7 Å². The summed E-state index contributed by atoms with van der Waals surface area (Å²) in [7, 11) is 0. The van der Waals surface area contributed by atoms with Crippen LogP contribution in [-0.2, 0) is 16.0 Å². The monoisotopic (exact) mass is 351 g/mol. The second kappa shape index (κ2) is 7.20. The highest BCUT2D eigenvalue weighted by molar-refractivity contribution is 5.97. The van der Waals surface area contributed by atoms with Gasteiger partial charge in [0.15, 0.2) is 0 Å². The van der Waals surface area contributed by atoms with E-state index in [1.54, 1.807) is 12.1 Å².